The van der Waals surface area contributed by atoms with E-state index >= 15 is 0 Å². The van der Waals surface area contributed by atoms with Gasteiger partial charge in [0.25, 0.3) is 5.91 Å². The lowest BCUT2D eigenvalue weighted by Crippen LogP contribution is -2.43. The van der Waals surface area contributed by atoms with Crippen LogP contribution in [0.25, 0.3) is 15.9 Å². The summed E-state index contributed by atoms with van der Waals surface area (Å²) >= 11 is 1.57. The highest BCUT2D eigenvalue weighted by atomic mass is 32.1. The Morgan fingerprint density at radius 2 is 2.12 bits per heavy atom. The first-order valence-electron chi connectivity index (χ1n) is 10.6. The Morgan fingerprint density at radius 1 is 1.30 bits per heavy atom. The van der Waals surface area contributed by atoms with Crippen molar-refractivity contribution in [1.29, 1.82) is 5.26 Å². The number of amides is 1. The number of benzene rings is 1. The quantitative estimate of drug-likeness (QED) is 0.464. The van der Waals surface area contributed by atoms with Crippen molar-refractivity contribution in [3.05, 3.63) is 41.9 Å². The number of aromatic nitrogens is 4. The van der Waals surface area contributed by atoms with E-state index in [1.165, 1.54) is 16.9 Å². The number of hydrogen-bond donors (Lipinski definition) is 2. The maximum Gasteiger partial charge on any atom is 0.259 e. The molecule has 11 heteroatoms. The molecule has 0 spiro atoms. The molecule has 168 valence electrons. The SMILES string of the molecule is CC(C)Oc1cc2nc(N3CCNCC3)sc2cc1C(=O)Nc1cnn2cc(C#N)cnc12. The number of fused-ring (bicyclic) bond motifs is 2. The Morgan fingerprint density at radius 3 is 2.88 bits per heavy atom. The van der Waals surface area contributed by atoms with Crippen LogP contribution in [0.4, 0.5) is 10.8 Å². The van der Waals surface area contributed by atoms with E-state index < -0.39 is 0 Å². The topological polar surface area (TPSA) is 120 Å². The van der Waals surface area contributed by atoms with Crippen molar-refractivity contribution in [3.63, 3.8) is 0 Å². The fourth-order valence-electron chi connectivity index (χ4n) is 3.67. The van der Waals surface area contributed by atoms with E-state index in [9.17, 15) is 4.79 Å². The smallest absolute Gasteiger partial charge is 0.259 e. The van der Waals surface area contributed by atoms with E-state index in [0.717, 1.165) is 41.5 Å². The van der Waals surface area contributed by atoms with E-state index in [1.807, 2.05) is 32.0 Å². The van der Waals surface area contributed by atoms with Gasteiger partial charge in [0.1, 0.15) is 17.5 Å². The van der Waals surface area contributed by atoms with Crippen molar-refractivity contribution in [3.8, 4) is 11.8 Å². The summed E-state index contributed by atoms with van der Waals surface area (Å²) in [5.41, 5.74) is 2.51. The lowest BCUT2D eigenvalue weighted by atomic mass is 10.1. The van der Waals surface area contributed by atoms with Gasteiger partial charge >= 0.3 is 0 Å². The predicted octanol–water partition coefficient (Wildman–Crippen LogP) is 2.66. The average Bonchev–Trinajstić information content (AvgIpc) is 3.42. The Bertz CT molecular complexity index is 1380. The van der Waals surface area contributed by atoms with E-state index in [1.54, 1.807) is 17.5 Å². The van der Waals surface area contributed by atoms with Crippen molar-refractivity contribution < 1.29 is 9.53 Å². The Labute approximate surface area is 193 Å². The third-order valence-electron chi connectivity index (χ3n) is 5.21. The third-order valence-corrected chi connectivity index (χ3v) is 6.29. The van der Waals surface area contributed by atoms with Gasteiger partial charge in [-0.05, 0) is 19.9 Å². The van der Waals surface area contributed by atoms with Gasteiger partial charge in [-0.15, -0.1) is 0 Å². The third kappa shape index (κ3) is 4.18. The fraction of sp³-hybridized carbons (Fsp3) is 0.318. The molecular formula is C22H22N8O2S. The molecule has 5 rings (SSSR count). The summed E-state index contributed by atoms with van der Waals surface area (Å²) in [6.45, 7) is 7.49. The highest BCUT2D eigenvalue weighted by Crippen LogP contribution is 2.34. The normalized spacial score (nSPS) is 14.1. The molecule has 1 aliphatic heterocycles. The second-order valence-corrected chi connectivity index (χ2v) is 8.96. The highest BCUT2D eigenvalue weighted by molar-refractivity contribution is 7.22. The van der Waals surface area contributed by atoms with Gasteiger partial charge in [-0.1, -0.05) is 11.3 Å². The molecule has 1 saturated heterocycles. The number of carbonyl (C=O) groups excluding carboxylic acids is 1. The van der Waals surface area contributed by atoms with E-state index in [4.69, 9.17) is 15.0 Å². The molecule has 1 amide bonds. The molecule has 0 saturated carbocycles. The Balaban J connectivity index is 1.49. The molecule has 33 heavy (non-hydrogen) atoms. The maximum absolute atomic E-state index is 13.3. The largest absolute Gasteiger partial charge is 0.490 e. The van der Waals surface area contributed by atoms with Gasteiger partial charge in [-0.25, -0.2) is 14.5 Å². The zero-order valence-corrected chi connectivity index (χ0v) is 19.0. The van der Waals surface area contributed by atoms with Crippen LogP contribution in [0.5, 0.6) is 5.75 Å². The number of ether oxygens (including phenoxy) is 1. The number of nitriles is 1. The van der Waals surface area contributed by atoms with Crippen LogP contribution in [0.1, 0.15) is 29.8 Å². The molecule has 0 aliphatic carbocycles. The summed E-state index contributed by atoms with van der Waals surface area (Å²) in [6, 6.07) is 5.69. The average molecular weight is 463 g/mol. The number of nitrogens with one attached hydrogen (secondary N) is 2. The molecule has 1 aliphatic rings. The van der Waals surface area contributed by atoms with Gasteiger partial charge in [0.05, 0.1) is 39.8 Å². The van der Waals surface area contributed by atoms with Crippen molar-refractivity contribution in [2.75, 3.05) is 36.4 Å². The minimum Gasteiger partial charge on any atom is -0.490 e. The van der Waals surface area contributed by atoms with Crippen LogP contribution < -0.4 is 20.3 Å². The van der Waals surface area contributed by atoms with Crippen molar-refractivity contribution in [2.45, 2.75) is 20.0 Å². The molecule has 2 N–H and O–H groups in total. The molecule has 4 heterocycles. The molecule has 3 aromatic heterocycles. The molecule has 0 radical (unpaired) electrons. The van der Waals surface area contributed by atoms with Crippen LogP contribution in [0.2, 0.25) is 0 Å². The summed E-state index contributed by atoms with van der Waals surface area (Å²) in [6.07, 6.45) is 4.41. The van der Waals surface area contributed by atoms with Gasteiger partial charge in [-0.3, -0.25) is 4.79 Å². The number of carbonyl (C=O) groups is 1. The van der Waals surface area contributed by atoms with E-state index in [0.29, 0.717) is 28.2 Å². The summed E-state index contributed by atoms with van der Waals surface area (Å²) in [7, 11) is 0. The minimum absolute atomic E-state index is 0.108. The molecule has 10 nitrogen and oxygen atoms in total. The molecule has 0 atom stereocenters. The van der Waals surface area contributed by atoms with Gasteiger partial charge in [0.15, 0.2) is 10.8 Å². The van der Waals surface area contributed by atoms with E-state index in [-0.39, 0.29) is 12.0 Å². The first-order chi connectivity index (χ1) is 16.0. The molecule has 1 aromatic carbocycles. The fourth-order valence-corrected chi connectivity index (χ4v) is 4.71. The van der Waals surface area contributed by atoms with Crippen molar-refractivity contribution in [2.24, 2.45) is 0 Å². The molecular weight excluding hydrogens is 440 g/mol. The molecule has 4 aromatic rings. The summed E-state index contributed by atoms with van der Waals surface area (Å²) < 4.78 is 8.36. The first-order valence-corrected chi connectivity index (χ1v) is 11.4. The number of thiazole rings is 1. The van der Waals surface area contributed by atoms with Crippen LogP contribution in [-0.2, 0) is 0 Å². The number of piperazine rings is 1. The second-order valence-electron chi connectivity index (χ2n) is 7.95. The van der Waals surface area contributed by atoms with Crippen LogP contribution in [0.15, 0.2) is 30.7 Å². The van der Waals surface area contributed by atoms with Crippen LogP contribution in [0, 0.1) is 11.3 Å². The van der Waals surface area contributed by atoms with Gasteiger partial charge in [0.2, 0.25) is 0 Å². The zero-order valence-electron chi connectivity index (χ0n) is 18.2. The van der Waals surface area contributed by atoms with Gasteiger partial charge in [-0.2, -0.15) is 10.4 Å². The highest BCUT2D eigenvalue weighted by Gasteiger charge is 2.21. The summed E-state index contributed by atoms with van der Waals surface area (Å²) in [4.78, 5) is 24.6. The standard InChI is InChI=1S/C22H22N8O2S/c1-13(2)32-18-8-16-19(33-22(28-16)29-5-3-24-4-6-29)7-15(18)21(31)27-17-11-26-30-12-14(9-23)10-25-20(17)30/h7-8,10-13,24H,3-6H2,1-2H3,(H,27,31). The number of rotatable bonds is 5. The first kappa shape index (κ1) is 21.1. The Hall–Kier alpha value is -3.75. The van der Waals surface area contributed by atoms with Crippen LogP contribution >= 0.6 is 11.3 Å². The predicted molar refractivity (Wildman–Crippen MR) is 126 cm³/mol. The van der Waals surface area contributed by atoms with Gasteiger partial charge in [0, 0.05) is 38.4 Å². The zero-order chi connectivity index (χ0) is 22.9. The lowest BCUT2D eigenvalue weighted by molar-refractivity contribution is 0.102. The molecule has 0 unspecified atom stereocenters. The summed E-state index contributed by atoms with van der Waals surface area (Å²) in [5, 5.41) is 20.4. The van der Waals surface area contributed by atoms with Crippen molar-refractivity contribution in [1.82, 2.24) is 24.9 Å². The molecule has 0 bridgehead atoms. The monoisotopic (exact) mass is 462 g/mol. The maximum atomic E-state index is 13.3. The lowest BCUT2D eigenvalue weighted by Gasteiger charge is -2.26. The number of hydrogen-bond acceptors (Lipinski definition) is 9. The molecule has 1 fully saturated rings. The second kappa shape index (κ2) is 8.65. The van der Waals surface area contributed by atoms with Crippen LogP contribution in [-0.4, -0.2) is 57.8 Å². The Kier molecular flexibility index (Phi) is 5.53. The summed E-state index contributed by atoms with van der Waals surface area (Å²) in [5.74, 6) is 0.147. The van der Waals surface area contributed by atoms with Crippen molar-refractivity contribution >= 4 is 43.9 Å². The minimum atomic E-state index is -0.328. The van der Waals surface area contributed by atoms with Crippen LogP contribution in [0.3, 0.4) is 0 Å². The van der Waals surface area contributed by atoms with E-state index in [2.05, 4.69) is 25.6 Å². The number of nitrogens with zero attached hydrogens (tertiary/aromatic N) is 6. The van der Waals surface area contributed by atoms with Gasteiger partial charge < -0.3 is 20.3 Å². The number of anilines is 2.